The van der Waals surface area contributed by atoms with Crippen LogP contribution in [0.1, 0.15) is 5.76 Å². The Morgan fingerprint density at radius 2 is 2.03 bits per heavy atom. The Morgan fingerprint density at radius 3 is 2.69 bits per heavy atom. The van der Waals surface area contributed by atoms with Crippen LogP contribution >= 0.6 is 11.8 Å². The number of nitrogens with zero attached hydrogens (tertiary/aromatic N) is 1. The normalized spacial score (nSPS) is 16.0. The standard InChI is InChI=1S/C18H12FN3O5S2/c1-20-29(25,26)15-3-2-9(5-13(15)19)12-8-21-7-10-4-11(27-16(10)12)6-14-17(23)22-18(24)28-14/h2-8,20H,1H3,(H,22,23,24)/b14-6+. The van der Waals surface area contributed by atoms with E-state index in [1.54, 1.807) is 6.07 Å². The van der Waals surface area contributed by atoms with Gasteiger partial charge in [0.1, 0.15) is 22.1 Å². The van der Waals surface area contributed by atoms with Gasteiger partial charge in [-0.3, -0.25) is 19.9 Å². The fourth-order valence-corrected chi connectivity index (χ4v) is 4.25. The van der Waals surface area contributed by atoms with E-state index in [0.717, 1.165) is 23.9 Å². The van der Waals surface area contributed by atoms with Gasteiger partial charge in [-0.25, -0.2) is 17.5 Å². The Labute approximate surface area is 168 Å². The average Bonchev–Trinajstić information content (AvgIpc) is 3.23. The molecule has 29 heavy (non-hydrogen) atoms. The smallest absolute Gasteiger partial charge is 0.290 e. The number of carbonyl (C=O) groups is 2. The lowest BCUT2D eigenvalue weighted by molar-refractivity contribution is -0.115. The number of nitrogens with one attached hydrogen (secondary N) is 2. The molecule has 4 rings (SSSR count). The minimum Gasteiger partial charge on any atom is -0.456 e. The molecule has 2 N–H and O–H groups in total. The fraction of sp³-hybridized carbons (Fsp3) is 0.0556. The molecule has 1 fully saturated rings. The number of hydrogen-bond donors (Lipinski definition) is 2. The van der Waals surface area contributed by atoms with E-state index < -0.39 is 31.9 Å². The van der Waals surface area contributed by atoms with Gasteiger partial charge in [-0.15, -0.1) is 0 Å². The number of aromatic nitrogens is 1. The summed E-state index contributed by atoms with van der Waals surface area (Å²) in [6.07, 6.45) is 4.43. The van der Waals surface area contributed by atoms with Crippen LogP contribution in [0.3, 0.4) is 0 Å². The molecule has 148 valence electrons. The van der Waals surface area contributed by atoms with Crippen LogP contribution in [-0.4, -0.2) is 31.6 Å². The van der Waals surface area contributed by atoms with Gasteiger partial charge in [-0.1, -0.05) is 6.07 Å². The van der Waals surface area contributed by atoms with Crippen LogP contribution in [0.15, 0.2) is 50.9 Å². The zero-order valence-corrected chi connectivity index (χ0v) is 16.4. The minimum atomic E-state index is -3.93. The molecule has 2 amide bonds. The van der Waals surface area contributed by atoms with Crippen molar-refractivity contribution < 1.29 is 26.8 Å². The second kappa shape index (κ2) is 7.10. The summed E-state index contributed by atoms with van der Waals surface area (Å²) in [6.45, 7) is 0. The number of benzene rings is 1. The lowest BCUT2D eigenvalue weighted by Gasteiger charge is -2.07. The summed E-state index contributed by atoms with van der Waals surface area (Å²) in [7, 11) is -2.73. The van der Waals surface area contributed by atoms with Crippen LogP contribution in [0.25, 0.3) is 28.2 Å². The quantitative estimate of drug-likeness (QED) is 0.607. The van der Waals surface area contributed by atoms with E-state index in [-0.39, 0.29) is 4.91 Å². The molecule has 0 unspecified atom stereocenters. The molecule has 0 spiro atoms. The third kappa shape index (κ3) is 3.55. The molecule has 2 aromatic heterocycles. The van der Waals surface area contributed by atoms with Crippen molar-refractivity contribution in [3.63, 3.8) is 0 Å². The Balaban J connectivity index is 1.79. The van der Waals surface area contributed by atoms with Crippen LogP contribution in [0, 0.1) is 5.82 Å². The highest BCUT2D eigenvalue weighted by atomic mass is 32.2. The number of pyridine rings is 1. The number of halogens is 1. The van der Waals surface area contributed by atoms with Crippen molar-refractivity contribution in [3.8, 4) is 11.1 Å². The molecule has 0 saturated carbocycles. The third-order valence-corrected chi connectivity index (χ3v) is 6.42. The summed E-state index contributed by atoms with van der Waals surface area (Å²) in [5.74, 6) is -1.11. The molecule has 1 aliphatic rings. The highest BCUT2D eigenvalue weighted by Gasteiger charge is 2.26. The lowest BCUT2D eigenvalue weighted by Crippen LogP contribution is -2.19. The van der Waals surface area contributed by atoms with Crippen LogP contribution in [0.5, 0.6) is 0 Å². The number of sulfonamides is 1. The topological polar surface area (TPSA) is 118 Å². The maximum Gasteiger partial charge on any atom is 0.290 e. The number of fused-ring (bicyclic) bond motifs is 1. The predicted octanol–water partition coefficient (Wildman–Crippen LogP) is 2.87. The average molecular weight is 433 g/mol. The Hall–Kier alpha value is -3.02. The first kappa shape index (κ1) is 19.3. The molecule has 1 aliphatic heterocycles. The van der Waals surface area contributed by atoms with E-state index in [4.69, 9.17) is 4.42 Å². The number of carbonyl (C=O) groups excluding carboxylic acids is 2. The van der Waals surface area contributed by atoms with E-state index in [9.17, 15) is 22.4 Å². The largest absolute Gasteiger partial charge is 0.456 e. The lowest BCUT2D eigenvalue weighted by atomic mass is 10.1. The van der Waals surface area contributed by atoms with E-state index in [0.29, 0.717) is 27.9 Å². The van der Waals surface area contributed by atoms with Crippen molar-refractivity contribution >= 4 is 50.0 Å². The van der Waals surface area contributed by atoms with Crippen LogP contribution in [0.2, 0.25) is 0 Å². The van der Waals surface area contributed by atoms with E-state index in [1.165, 1.54) is 31.6 Å². The summed E-state index contributed by atoms with van der Waals surface area (Å²) in [5, 5.41) is 2.28. The van der Waals surface area contributed by atoms with Gasteiger partial charge < -0.3 is 4.42 Å². The number of furan rings is 1. The van der Waals surface area contributed by atoms with Crippen LogP contribution in [0.4, 0.5) is 9.18 Å². The van der Waals surface area contributed by atoms with Gasteiger partial charge in [0.25, 0.3) is 11.1 Å². The van der Waals surface area contributed by atoms with Gasteiger partial charge in [-0.2, -0.15) is 0 Å². The van der Waals surface area contributed by atoms with Gasteiger partial charge in [-0.05, 0) is 42.6 Å². The SMILES string of the molecule is CNS(=O)(=O)c1ccc(-c2cncc3cc(/C=C4/SC(=O)NC4=O)oc23)cc1F. The van der Waals surface area contributed by atoms with E-state index in [1.807, 2.05) is 0 Å². The van der Waals surface area contributed by atoms with Gasteiger partial charge in [0.2, 0.25) is 10.0 Å². The molecule has 0 bridgehead atoms. The highest BCUT2D eigenvalue weighted by molar-refractivity contribution is 8.18. The Bertz CT molecular complexity index is 1310. The van der Waals surface area contributed by atoms with Gasteiger partial charge in [0, 0.05) is 29.4 Å². The summed E-state index contributed by atoms with van der Waals surface area (Å²) in [5.41, 5.74) is 1.19. The van der Waals surface area contributed by atoms with E-state index in [2.05, 4.69) is 15.0 Å². The summed E-state index contributed by atoms with van der Waals surface area (Å²) >= 11 is 0.760. The number of hydrogen-bond acceptors (Lipinski definition) is 7. The number of amides is 2. The molecule has 0 radical (unpaired) electrons. The van der Waals surface area contributed by atoms with Crippen molar-refractivity contribution in [3.05, 3.63) is 53.1 Å². The van der Waals surface area contributed by atoms with Crippen molar-refractivity contribution in [1.29, 1.82) is 0 Å². The van der Waals surface area contributed by atoms with Crippen LogP contribution in [-0.2, 0) is 14.8 Å². The molecule has 1 saturated heterocycles. The Kier molecular flexibility index (Phi) is 4.73. The maximum atomic E-state index is 14.4. The summed E-state index contributed by atoms with van der Waals surface area (Å²) < 4.78 is 46.0. The third-order valence-electron chi connectivity index (χ3n) is 4.16. The molecule has 1 aromatic carbocycles. The van der Waals surface area contributed by atoms with Gasteiger partial charge in [0.15, 0.2) is 0 Å². The molecular formula is C18H12FN3O5S2. The second-order valence-corrected chi connectivity index (χ2v) is 8.83. The second-order valence-electron chi connectivity index (χ2n) is 5.96. The Morgan fingerprint density at radius 1 is 1.24 bits per heavy atom. The first-order valence-corrected chi connectivity index (χ1v) is 10.4. The minimum absolute atomic E-state index is 0.191. The molecule has 11 heteroatoms. The molecule has 0 atom stereocenters. The fourth-order valence-electron chi connectivity index (χ4n) is 2.81. The van der Waals surface area contributed by atoms with Gasteiger partial charge in [0.05, 0.1) is 4.91 Å². The zero-order valence-electron chi connectivity index (χ0n) is 14.7. The monoisotopic (exact) mass is 433 g/mol. The van der Waals surface area contributed by atoms with Crippen molar-refractivity contribution in [2.75, 3.05) is 7.05 Å². The highest BCUT2D eigenvalue weighted by Crippen LogP contribution is 2.33. The number of imide groups is 1. The van der Waals surface area contributed by atoms with E-state index >= 15 is 0 Å². The molecule has 3 heterocycles. The molecule has 8 nitrogen and oxygen atoms in total. The number of thioether (sulfide) groups is 1. The van der Waals surface area contributed by atoms with Gasteiger partial charge >= 0.3 is 0 Å². The number of rotatable bonds is 4. The first-order valence-electron chi connectivity index (χ1n) is 8.14. The van der Waals surface area contributed by atoms with Crippen molar-refractivity contribution in [1.82, 2.24) is 15.0 Å². The molecule has 3 aromatic rings. The molecular weight excluding hydrogens is 421 g/mol. The molecule has 0 aliphatic carbocycles. The van der Waals surface area contributed by atoms with Crippen molar-refractivity contribution in [2.45, 2.75) is 4.90 Å². The maximum absolute atomic E-state index is 14.4. The van der Waals surface area contributed by atoms with Crippen molar-refractivity contribution in [2.24, 2.45) is 0 Å². The summed E-state index contributed by atoms with van der Waals surface area (Å²) in [4.78, 5) is 26.8. The zero-order chi connectivity index (χ0) is 20.8. The first-order chi connectivity index (χ1) is 13.8. The van der Waals surface area contributed by atoms with Crippen LogP contribution < -0.4 is 10.0 Å². The summed E-state index contributed by atoms with van der Waals surface area (Å²) in [6, 6.07) is 5.32. The predicted molar refractivity (Wildman–Crippen MR) is 105 cm³/mol.